The highest BCUT2D eigenvalue weighted by atomic mass is 35.5. The Balaban J connectivity index is 2.53. The third-order valence-electron chi connectivity index (χ3n) is 2.20. The number of benzene rings is 1. The molecule has 20 heavy (non-hydrogen) atoms. The van der Waals surface area contributed by atoms with Crippen molar-refractivity contribution in [2.75, 3.05) is 20.2 Å². The Hall–Kier alpha value is -1.64. The van der Waals surface area contributed by atoms with Gasteiger partial charge in [0.05, 0.1) is 18.6 Å². The summed E-state index contributed by atoms with van der Waals surface area (Å²) in [4.78, 5) is 22.1. The van der Waals surface area contributed by atoms with Crippen molar-refractivity contribution in [2.24, 2.45) is 0 Å². The number of hydrogen-bond acceptors (Lipinski definition) is 5. The Kier molecular flexibility index (Phi) is 5.93. The molecule has 1 amide bonds. The SMILES string of the molecule is COC(=O)CNC(=O)CNS(=O)(=O)c1ccc(Cl)cc1. The molecule has 7 nitrogen and oxygen atoms in total. The molecule has 0 heterocycles. The highest BCUT2D eigenvalue weighted by Gasteiger charge is 2.15. The summed E-state index contributed by atoms with van der Waals surface area (Å²) in [5, 5.41) is 2.61. The quantitative estimate of drug-likeness (QED) is 0.713. The Labute approximate surface area is 121 Å². The van der Waals surface area contributed by atoms with Crippen molar-refractivity contribution in [2.45, 2.75) is 4.90 Å². The first-order chi connectivity index (χ1) is 9.35. The average molecular weight is 321 g/mol. The van der Waals surface area contributed by atoms with Gasteiger partial charge in [0.2, 0.25) is 15.9 Å². The Morgan fingerprint density at radius 1 is 1.20 bits per heavy atom. The number of methoxy groups -OCH3 is 1. The van der Waals surface area contributed by atoms with Gasteiger partial charge in [-0.2, -0.15) is 0 Å². The molecule has 0 spiro atoms. The monoisotopic (exact) mass is 320 g/mol. The highest BCUT2D eigenvalue weighted by molar-refractivity contribution is 7.89. The van der Waals surface area contributed by atoms with E-state index >= 15 is 0 Å². The van der Waals surface area contributed by atoms with Crippen molar-refractivity contribution in [3.05, 3.63) is 29.3 Å². The maximum Gasteiger partial charge on any atom is 0.325 e. The average Bonchev–Trinajstić information content (AvgIpc) is 2.43. The van der Waals surface area contributed by atoms with Crippen LogP contribution in [0.5, 0.6) is 0 Å². The second-order valence-corrected chi connectivity index (χ2v) is 5.83. The van der Waals surface area contributed by atoms with E-state index in [0.29, 0.717) is 5.02 Å². The van der Waals surface area contributed by atoms with Crippen LogP contribution < -0.4 is 10.0 Å². The summed E-state index contributed by atoms with van der Waals surface area (Å²) in [7, 11) is -2.62. The standard InChI is InChI=1S/C11H13ClN2O5S/c1-19-11(16)7-13-10(15)6-14-20(17,18)9-4-2-8(12)3-5-9/h2-5,14H,6-7H2,1H3,(H,13,15). The summed E-state index contributed by atoms with van der Waals surface area (Å²) in [6, 6.07) is 5.48. The van der Waals surface area contributed by atoms with Crippen LogP contribution in [0.15, 0.2) is 29.2 Å². The highest BCUT2D eigenvalue weighted by Crippen LogP contribution is 2.13. The summed E-state index contributed by atoms with van der Waals surface area (Å²) >= 11 is 5.65. The van der Waals surface area contributed by atoms with Gasteiger partial charge in [-0.3, -0.25) is 9.59 Å². The van der Waals surface area contributed by atoms with Gasteiger partial charge >= 0.3 is 5.97 Å². The van der Waals surface area contributed by atoms with Gasteiger partial charge in [0.15, 0.2) is 0 Å². The number of nitrogens with one attached hydrogen (secondary N) is 2. The van der Waals surface area contributed by atoms with E-state index in [1.54, 1.807) is 0 Å². The predicted octanol–water partition coefficient (Wildman–Crippen LogP) is -0.0925. The number of sulfonamides is 1. The maximum absolute atomic E-state index is 11.8. The summed E-state index contributed by atoms with van der Waals surface area (Å²) < 4.78 is 30.1. The minimum atomic E-state index is -3.80. The molecule has 0 fully saturated rings. The van der Waals surface area contributed by atoms with Crippen LogP contribution in [0.2, 0.25) is 5.02 Å². The van der Waals surface area contributed by atoms with Crippen molar-refractivity contribution in [3.63, 3.8) is 0 Å². The zero-order valence-electron chi connectivity index (χ0n) is 10.6. The number of rotatable bonds is 6. The van der Waals surface area contributed by atoms with Gasteiger partial charge in [-0.25, -0.2) is 13.1 Å². The van der Waals surface area contributed by atoms with Crippen molar-refractivity contribution < 1.29 is 22.7 Å². The topological polar surface area (TPSA) is 102 Å². The third-order valence-corrected chi connectivity index (χ3v) is 3.87. The normalized spacial score (nSPS) is 10.9. The molecule has 0 aliphatic heterocycles. The van der Waals surface area contributed by atoms with E-state index in [9.17, 15) is 18.0 Å². The minimum Gasteiger partial charge on any atom is -0.468 e. The summed E-state index contributed by atoms with van der Waals surface area (Å²) in [5.74, 6) is -1.27. The molecular formula is C11H13ClN2O5S. The number of amides is 1. The fraction of sp³-hybridized carbons (Fsp3) is 0.273. The lowest BCUT2D eigenvalue weighted by molar-refractivity contribution is -0.141. The van der Waals surface area contributed by atoms with E-state index in [2.05, 4.69) is 14.8 Å². The largest absolute Gasteiger partial charge is 0.468 e. The van der Waals surface area contributed by atoms with Crippen LogP contribution in [0.25, 0.3) is 0 Å². The molecule has 0 atom stereocenters. The predicted molar refractivity (Wildman–Crippen MR) is 71.7 cm³/mol. The van der Waals surface area contributed by atoms with E-state index in [1.165, 1.54) is 31.4 Å². The molecule has 1 aromatic carbocycles. The molecule has 0 radical (unpaired) electrons. The van der Waals surface area contributed by atoms with Crippen LogP contribution in [0.3, 0.4) is 0 Å². The minimum absolute atomic E-state index is 0.0114. The van der Waals surface area contributed by atoms with Crippen LogP contribution in [-0.2, 0) is 24.3 Å². The summed E-state index contributed by atoms with van der Waals surface area (Å²) in [5.41, 5.74) is 0. The lowest BCUT2D eigenvalue weighted by Crippen LogP contribution is -2.39. The smallest absolute Gasteiger partial charge is 0.325 e. The molecule has 1 aromatic rings. The van der Waals surface area contributed by atoms with E-state index in [-0.39, 0.29) is 11.4 Å². The number of carbonyl (C=O) groups is 2. The van der Waals surface area contributed by atoms with E-state index < -0.39 is 28.4 Å². The van der Waals surface area contributed by atoms with Gasteiger partial charge in [-0.05, 0) is 24.3 Å². The number of ether oxygens (including phenoxy) is 1. The molecule has 9 heteroatoms. The maximum atomic E-state index is 11.8. The zero-order chi connectivity index (χ0) is 15.2. The number of hydrogen-bond donors (Lipinski definition) is 2. The second kappa shape index (κ2) is 7.22. The fourth-order valence-electron chi connectivity index (χ4n) is 1.16. The summed E-state index contributed by atoms with van der Waals surface area (Å²) in [6.07, 6.45) is 0. The molecule has 0 unspecified atom stereocenters. The van der Waals surface area contributed by atoms with E-state index in [0.717, 1.165) is 0 Å². The van der Waals surface area contributed by atoms with Gasteiger partial charge in [-0.15, -0.1) is 0 Å². The van der Waals surface area contributed by atoms with E-state index in [1.807, 2.05) is 0 Å². The molecule has 0 aliphatic rings. The van der Waals surface area contributed by atoms with Gasteiger partial charge in [0.1, 0.15) is 6.54 Å². The lowest BCUT2D eigenvalue weighted by Gasteiger charge is -2.07. The number of halogens is 1. The first-order valence-electron chi connectivity index (χ1n) is 5.44. The fourth-order valence-corrected chi connectivity index (χ4v) is 2.27. The zero-order valence-corrected chi connectivity index (χ0v) is 12.1. The molecule has 0 saturated carbocycles. The number of esters is 1. The molecule has 0 aromatic heterocycles. The second-order valence-electron chi connectivity index (χ2n) is 3.63. The molecule has 0 bridgehead atoms. The molecule has 0 aliphatic carbocycles. The first-order valence-corrected chi connectivity index (χ1v) is 7.30. The van der Waals surface area contributed by atoms with Gasteiger partial charge in [-0.1, -0.05) is 11.6 Å². The van der Waals surface area contributed by atoms with E-state index in [4.69, 9.17) is 11.6 Å². The molecular weight excluding hydrogens is 308 g/mol. The Morgan fingerprint density at radius 2 is 1.80 bits per heavy atom. The molecule has 110 valence electrons. The van der Waals surface area contributed by atoms with Crippen LogP contribution in [0, 0.1) is 0 Å². The molecule has 1 rings (SSSR count). The van der Waals surface area contributed by atoms with Gasteiger partial charge in [0, 0.05) is 5.02 Å². The van der Waals surface area contributed by atoms with Crippen LogP contribution in [-0.4, -0.2) is 40.5 Å². The van der Waals surface area contributed by atoms with Crippen molar-refractivity contribution in [1.82, 2.24) is 10.0 Å². The van der Waals surface area contributed by atoms with Crippen molar-refractivity contribution >= 4 is 33.5 Å². The van der Waals surface area contributed by atoms with Crippen LogP contribution in [0.4, 0.5) is 0 Å². The van der Waals surface area contributed by atoms with Crippen LogP contribution in [0.1, 0.15) is 0 Å². The molecule has 2 N–H and O–H groups in total. The van der Waals surface area contributed by atoms with Gasteiger partial charge < -0.3 is 10.1 Å². The Bertz CT molecular complexity index is 585. The van der Waals surface area contributed by atoms with Crippen LogP contribution >= 0.6 is 11.6 Å². The van der Waals surface area contributed by atoms with Crippen molar-refractivity contribution in [1.29, 1.82) is 0 Å². The van der Waals surface area contributed by atoms with Crippen molar-refractivity contribution in [3.8, 4) is 0 Å². The number of carbonyl (C=O) groups excluding carboxylic acids is 2. The first kappa shape index (κ1) is 16.4. The lowest BCUT2D eigenvalue weighted by atomic mass is 10.4. The Morgan fingerprint density at radius 3 is 2.35 bits per heavy atom. The molecule has 0 saturated heterocycles. The van der Waals surface area contributed by atoms with Gasteiger partial charge in [0.25, 0.3) is 0 Å². The third kappa shape index (κ3) is 5.16. The summed E-state index contributed by atoms with van der Waals surface area (Å²) in [6.45, 7) is -0.806.